The Morgan fingerprint density at radius 2 is 1.04 bits per heavy atom. The summed E-state index contributed by atoms with van der Waals surface area (Å²) in [5, 5.41) is 9.12. The quantitative estimate of drug-likeness (QED) is 0.177. The van der Waals surface area contributed by atoms with Gasteiger partial charge in [-0.05, 0) is 52.6 Å². The molecule has 0 radical (unpaired) electrons. The van der Waals surface area contributed by atoms with Gasteiger partial charge in [-0.3, -0.25) is 9.97 Å². The van der Waals surface area contributed by atoms with Gasteiger partial charge in [0.1, 0.15) is 22.3 Å². The fourth-order valence-electron chi connectivity index (χ4n) is 7.47. The lowest BCUT2D eigenvalue weighted by Gasteiger charge is -2.14. The Kier molecular flexibility index (Phi) is 5.54. The molecule has 232 valence electrons. The van der Waals surface area contributed by atoms with Crippen LogP contribution in [-0.2, 0) is 0 Å². The number of nitrogens with zero attached hydrogens (tertiary/aromatic N) is 5. The van der Waals surface area contributed by atoms with Gasteiger partial charge in [0.25, 0.3) is 0 Å². The van der Waals surface area contributed by atoms with Gasteiger partial charge in [0.2, 0.25) is 0 Å². The predicted molar refractivity (Wildman–Crippen MR) is 199 cm³/mol. The highest BCUT2D eigenvalue weighted by molar-refractivity contribution is 6.22. The van der Waals surface area contributed by atoms with Crippen molar-refractivity contribution >= 4 is 76.3 Å². The molecular formula is C43H23N5O2. The first-order valence-corrected chi connectivity index (χ1v) is 16.4. The first-order valence-electron chi connectivity index (χ1n) is 16.4. The fraction of sp³-hybridized carbons (Fsp3) is 0. The van der Waals surface area contributed by atoms with Crippen molar-refractivity contribution < 1.29 is 8.83 Å². The normalized spacial score (nSPS) is 12.0. The van der Waals surface area contributed by atoms with Crippen LogP contribution in [0.3, 0.4) is 0 Å². The molecule has 7 nitrogen and oxygen atoms in total. The van der Waals surface area contributed by atoms with Crippen molar-refractivity contribution in [1.82, 2.24) is 24.9 Å². The summed E-state index contributed by atoms with van der Waals surface area (Å²) in [4.78, 5) is 25.1. The second-order valence-corrected chi connectivity index (χ2v) is 12.4. The molecule has 5 heterocycles. The molecule has 7 heteroatoms. The molecule has 0 aliphatic carbocycles. The Labute approximate surface area is 283 Å². The van der Waals surface area contributed by atoms with Gasteiger partial charge < -0.3 is 8.83 Å². The van der Waals surface area contributed by atoms with Crippen LogP contribution in [-0.4, -0.2) is 24.9 Å². The Morgan fingerprint density at radius 3 is 1.84 bits per heavy atom. The second kappa shape index (κ2) is 10.3. The lowest BCUT2D eigenvalue weighted by Crippen LogP contribution is -2.01. The number of fused-ring (bicyclic) bond motifs is 11. The van der Waals surface area contributed by atoms with E-state index in [9.17, 15) is 0 Å². The van der Waals surface area contributed by atoms with E-state index in [0.717, 1.165) is 93.0 Å². The third-order valence-corrected chi connectivity index (χ3v) is 9.65. The standard InChI is InChI=1S/C43H23N5O2/c1-2-10-26-25(8-1)22-31(39-27(26)18-17-24-9-7-20-45-40(24)39)43-47-41(29-12-5-15-35-37(29)28-11-3-4-14-33(28)49-35)46-42(48-43)30-13-6-16-36-38(30)32-23-44-21-19-34(32)50-36/h1-23H. The molecule has 6 aromatic carbocycles. The zero-order valence-electron chi connectivity index (χ0n) is 26.3. The van der Waals surface area contributed by atoms with Gasteiger partial charge in [-0.1, -0.05) is 84.9 Å². The molecule has 50 heavy (non-hydrogen) atoms. The zero-order chi connectivity index (χ0) is 32.8. The van der Waals surface area contributed by atoms with Crippen molar-refractivity contribution in [3.8, 4) is 34.2 Å². The van der Waals surface area contributed by atoms with Gasteiger partial charge in [0.15, 0.2) is 17.5 Å². The third-order valence-electron chi connectivity index (χ3n) is 9.65. The van der Waals surface area contributed by atoms with Crippen LogP contribution in [0, 0.1) is 0 Å². The summed E-state index contributed by atoms with van der Waals surface area (Å²) in [5.74, 6) is 1.62. The minimum Gasteiger partial charge on any atom is -0.456 e. The largest absolute Gasteiger partial charge is 0.456 e. The fourth-order valence-corrected chi connectivity index (χ4v) is 7.47. The summed E-state index contributed by atoms with van der Waals surface area (Å²) in [7, 11) is 0. The molecule has 0 saturated heterocycles. The van der Waals surface area contributed by atoms with Crippen LogP contribution in [0.1, 0.15) is 0 Å². The lowest BCUT2D eigenvalue weighted by atomic mass is 9.94. The topological polar surface area (TPSA) is 90.7 Å². The Hall–Kier alpha value is -6.99. The van der Waals surface area contributed by atoms with Crippen LogP contribution in [0.15, 0.2) is 149 Å². The third kappa shape index (κ3) is 3.88. The molecule has 0 spiro atoms. The minimum absolute atomic E-state index is 0.529. The van der Waals surface area contributed by atoms with E-state index in [4.69, 9.17) is 28.8 Å². The van der Waals surface area contributed by atoms with Gasteiger partial charge in [0, 0.05) is 67.6 Å². The van der Waals surface area contributed by atoms with E-state index in [1.54, 1.807) is 6.20 Å². The first kappa shape index (κ1) is 27.0. The maximum atomic E-state index is 6.30. The summed E-state index contributed by atoms with van der Waals surface area (Å²) >= 11 is 0. The van der Waals surface area contributed by atoms with Crippen LogP contribution < -0.4 is 0 Å². The smallest absolute Gasteiger partial charge is 0.164 e. The van der Waals surface area contributed by atoms with Crippen molar-refractivity contribution in [2.45, 2.75) is 0 Å². The molecule has 0 unspecified atom stereocenters. The number of hydrogen-bond acceptors (Lipinski definition) is 7. The van der Waals surface area contributed by atoms with Crippen LogP contribution in [0.4, 0.5) is 0 Å². The summed E-state index contributed by atoms with van der Waals surface area (Å²) in [6.45, 7) is 0. The van der Waals surface area contributed by atoms with E-state index >= 15 is 0 Å². The number of para-hydroxylation sites is 1. The number of hydrogen-bond donors (Lipinski definition) is 0. The summed E-state index contributed by atoms with van der Waals surface area (Å²) in [5.41, 5.74) is 6.53. The Balaban J connectivity index is 1.30. The molecule has 0 aliphatic heterocycles. The number of furan rings is 2. The molecule has 5 aromatic heterocycles. The van der Waals surface area contributed by atoms with Crippen LogP contribution >= 0.6 is 0 Å². The van der Waals surface area contributed by atoms with Gasteiger partial charge in [-0.25, -0.2) is 15.0 Å². The van der Waals surface area contributed by atoms with Crippen LogP contribution in [0.25, 0.3) is 110 Å². The summed E-state index contributed by atoms with van der Waals surface area (Å²) in [6, 6.07) is 40.9. The molecule has 11 aromatic rings. The average molecular weight is 642 g/mol. The minimum atomic E-state index is 0.529. The highest BCUT2D eigenvalue weighted by Crippen LogP contribution is 2.41. The van der Waals surface area contributed by atoms with E-state index in [-0.39, 0.29) is 0 Å². The molecule has 0 fully saturated rings. The van der Waals surface area contributed by atoms with Crippen LogP contribution in [0.5, 0.6) is 0 Å². The van der Waals surface area contributed by atoms with Crippen molar-refractivity contribution in [3.05, 3.63) is 140 Å². The van der Waals surface area contributed by atoms with Gasteiger partial charge in [-0.15, -0.1) is 0 Å². The molecule has 0 N–H and O–H groups in total. The van der Waals surface area contributed by atoms with Crippen molar-refractivity contribution in [3.63, 3.8) is 0 Å². The Bertz CT molecular complexity index is 3050. The number of benzene rings is 6. The number of aromatic nitrogens is 5. The monoisotopic (exact) mass is 641 g/mol. The van der Waals surface area contributed by atoms with Gasteiger partial charge in [-0.2, -0.15) is 0 Å². The van der Waals surface area contributed by atoms with Crippen molar-refractivity contribution in [2.24, 2.45) is 0 Å². The second-order valence-electron chi connectivity index (χ2n) is 12.4. The molecule has 0 saturated carbocycles. The molecule has 0 aliphatic rings. The Morgan fingerprint density at radius 1 is 0.400 bits per heavy atom. The molecule has 11 rings (SSSR count). The van der Waals surface area contributed by atoms with E-state index in [2.05, 4.69) is 65.6 Å². The van der Waals surface area contributed by atoms with Gasteiger partial charge in [0.05, 0.1) is 5.52 Å². The molecule has 0 amide bonds. The number of rotatable bonds is 3. The zero-order valence-corrected chi connectivity index (χ0v) is 26.3. The van der Waals surface area contributed by atoms with E-state index in [1.807, 2.05) is 73.1 Å². The SMILES string of the molecule is c1ccc2c(c1)cc(-c1nc(-c3cccc4oc5ccccc5c34)nc(-c3cccc4oc5ccncc5c34)n1)c1c2ccc2cccnc21. The molecular weight excluding hydrogens is 619 g/mol. The number of pyridine rings is 2. The van der Waals surface area contributed by atoms with Crippen molar-refractivity contribution in [1.29, 1.82) is 0 Å². The molecule has 0 atom stereocenters. The van der Waals surface area contributed by atoms with E-state index in [0.29, 0.717) is 17.5 Å². The highest BCUT2D eigenvalue weighted by atomic mass is 16.3. The summed E-state index contributed by atoms with van der Waals surface area (Å²) in [6.07, 6.45) is 5.41. The molecule has 0 bridgehead atoms. The summed E-state index contributed by atoms with van der Waals surface area (Å²) < 4.78 is 12.6. The maximum Gasteiger partial charge on any atom is 0.164 e. The van der Waals surface area contributed by atoms with E-state index < -0.39 is 0 Å². The van der Waals surface area contributed by atoms with Crippen LogP contribution in [0.2, 0.25) is 0 Å². The van der Waals surface area contributed by atoms with Crippen molar-refractivity contribution in [2.75, 3.05) is 0 Å². The predicted octanol–water partition coefficient (Wildman–Crippen LogP) is 10.9. The first-order chi connectivity index (χ1) is 24.8. The van der Waals surface area contributed by atoms with Gasteiger partial charge >= 0.3 is 0 Å². The average Bonchev–Trinajstić information content (AvgIpc) is 3.76. The van der Waals surface area contributed by atoms with E-state index in [1.165, 1.54) is 0 Å². The maximum absolute atomic E-state index is 6.30. The lowest BCUT2D eigenvalue weighted by molar-refractivity contribution is 0.668. The highest BCUT2D eigenvalue weighted by Gasteiger charge is 2.22.